The number of methoxy groups -OCH3 is 1. The lowest BCUT2D eigenvalue weighted by molar-refractivity contribution is -0.116. The van der Waals surface area contributed by atoms with Gasteiger partial charge in [-0.15, -0.1) is 6.58 Å². The van der Waals surface area contributed by atoms with Crippen LogP contribution in [0.3, 0.4) is 0 Å². The van der Waals surface area contributed by atoms with Gasteiger partial charge in [0.25, 0.3) is 0 Å². The number of carbonyl (C=O) groups is 1. The number of benzene rings is 1. The first-order chi connectivity index (χ1) is 10.2. The van der Waals surface area contributed by atoms with Gasteiger partial charge in [0.05, 0.1) is 20.3 Å². The summed E-state index contributed by atoms with van der Waals surface area (Å²) in [5, 5.41) is 0. The molecule has 0 aromatic heterocycles. The second-order valence-corrected chi connectivity index (χ2v) is 5.50. The van der Waals surface area contributed by atoms with E-state index in [0.29, 0.717) is 19.6 Å². The number of hydrogen-bond acceptors (Lipinski definition) is 3. The summed E-state index contributed by atoms with van der Waals surface area (Å²) < 4.78 is 11.0. The quantitative estimate of drug-likeness (QED) is 0.717. The van der Waals surface area contributed by atoms with Crippen molar-refractivity contribution >= 4 is 5.78 Å². The molecule has 0 fully saturated rings. The highest BCUT2D eigenvalue weighted by atomic mass is 16.5. The van der Waals surface area contributed by atoms with E-state index in [4.69, 9.17) is 9.47 Å². The molecule has 0 amide bonds. The lowest BCUT2D eigenvalue weighted by Crippen LogP contribution is -2.28. The van der Waals surface area contributed by atoms with E-state index in [2.05, 4.69) is 6.58 Å². The Labute approximate surface area is 126 Å². The molecule has 0 radical (unpaired) electrons. The topological polar surface area (TPSA) is 35.5 Å². The maximum absolute atomic E-state index is 11.3. The van der Waals surface area contributed by atoms with Gasteiger partial charge in [-0.1, -0.05) is 24.3 Å². The third kappa shape index (κ3) is 4.30. The second kappa shape index (κ2) is 7.23. The molecule has 1 aromatic carbocycles. The van der Waals surface area contributed by atoms with Gasteiger partial charge in [0.1, 0.15) is 5.75 Å². The Morgan fingerprint density at radius 3 is 2.67 bits per heavy atom. The minimum atomic E-state index is -0.0812. The van der Waals surface area contributed by atoms with Crippen LogP contribution >= 0.6 is 0 Å². The summed E-state index contributed by atoms with van der Waals surface area (Å²) in [6.45, 7) is 4.98. The Morgan fingerprint density at radius 1 is 1.33 bits per heavy atom. The first-order valence-electron chi connectivity index (χ1n) is 7.21. The van der Waals surface area contributed by atoms with E-state index in [1.54, 1.807) is 13.2 Å². The van der Waals surface area contributed by atoms with Crippen LogP contribution in [0.2, 0.25) is 0 Å². The van der Waals surface area contributed by atoms with E-state index < -0.39 is 0 Å². The lowest BCUT2D eigenvalue weighted by atomic mass is 9.77. The van der Waals surface area contributed by atoms with Gasteiger partial charge in [-0.3, -0.25) is 4.79 Å². The Hall–Kier alpha value is -1.87. The van der Waals surface area contributed by atoms with Crippen molar-refractivity contribution in [2.24, 2.45) is 5.41 Å². The van der Waals surface area contributed by atoms with Crippen molar-refractivity contribution in [1.82, 2.24) is 0 Å². The standard InChI is InChI=1S/C18H22O3/c1-3-10-18(11-8-16(19)9-12-18)14-21-13-15-4-6-17(20-2)7-5-15/h3-8,11H,1,9-10,12-14H2,2H3. The van der Waals surface area contributed by atoms with Crippen molar-refractivity contribution in [3.8, 4) is 5.75 Å². The monoisotopic (exact) mass is 286 g/mol. The molecule has 3 heteroatoms. The van der Waals surface area contributed by atoms with E-state index in [1.165, 1.54) is 0 Å². The van der Waals surface area contributed by atoms with Gasteiger partial charge in [-0.25, -0.2) is 0 Å². The van der Waals surface area contributed by atoms with Crippen LogP contribution in [0.1, 0.15) is 24.8 Å². The van der Waals surface area contributed by atoms with Gasteiger partial charge >= 0.3 is 0 Å². The van der Waals surface area contributed by atoms with E-state index >= 15 is 0 Å². The van der Waals surface area contributed by atoms with E-state index in [0.717, 1.165) is 24.2 Å². The third-order valence-electron chi connectivity index (χ3n) is 3.86. The highest BCUT2D eigenvalue weighted by molar-refractivity contribution is 5.90. The number of carbonyl (C=O) groups excluding carboxylic acids is 1. The van der Waals surface area contributed by atoms with Crippen LogP contribution in [0.15, 0.2) is 49.1 Å². The first kappa shape index (κ1) is 15.5. The first-order valence-corrected chi connectivity index (χ1v) is 7.21. The number of allylic oxidation sites excluding steroid dienone is 2. The number of ketones is 1. The fourth-order valence-corrected chi connectivity index (χ4v) is 2.54. The summed E-state index contributed by atoms with van der Waals surface area (Å²) in [5.74, 6) is 1.04. The van der Waals surface area contributed by atoms with Gasteiger partial charge in [0, 0.05) is 11.8 Å². The van der Waals surface area contributed by atoms with Crippen LogP contribution in [-0.2, 0) is 16.1 Å². The van der Waals surface area contributed by atoms with Crippen LogP contribution in [0.4, 0.5) is 0 Å². The molecule has 0 aliphatic heterocycles. The maximum Gasteiger partial charge on any atom is 0.155 e. The number of ether oxygens (including phenoxy) is 2. The van der Waals surface area contributed by atoms with Gasteiger partial charge < -0.3 is 9.47 Å². The van der Waals surface area contributed by atoms with Crippen LogP contribution in [0, 0.1) is 5.41 Å². The van der Waals surface area contributed by atoms with Gasteiger partial charge in [0.2, 0.25) is 0 Å². The highest BCUT2D eigenvalue weighted by Crippen LogP contribution is 2.34. The summed E-state index contributed by atoms with van der Waals surface area (Å²) in [5.41, 5.74) is 1.03. The molecular weight excluding hydrogens is 264 g/mol. The molecule has 2 rings (SSSR count). The third-order valence-corrected chi connectivity index (χ3v) is 3.86. The molecule has 1 aromatic rings. The van der Waals surface area contributed by atoms with Gasteiger partial charge in [-0.05, 0) is 36.6 Å². The predicted octanol–water partition coefficient (Wildman–Crippen LogP) is 3.69. The average molecular weight is 286 g/mol. The molecule has 0 N–H and O–H groups in total. The largest absolute Gasteiger partial charge is 0.497 e. The molecule has 0 saturated heterocycles. The minimum absolute atomic E-state index is 0.0812. The zero-order valence-corrected chi connectivity index (χ0v) is 12.5. The zero-order chi connectivity index (χ0) is 15.1. The summed E-state index contributed by atoms with van der Waals surface area (Å²) in [4.78, 5) is 11.3. The molecular formula is C18H22O3. The summed E-state index contributed by atoms with van der Waals surface area (Å²) in [6, 6.07) is 7.85. The molecule has 3 nitrogen and oxygen atoms in total. The van der Waals surface area contributed by atoms with E-state index in [-0.39, 0.29) is 11.2 Å². The normalized spacial score (nSPS) is 21.3. The molecule has 1 aliphatic rings. The Kier molecular flexibility index (Phi) is 5.34. The Bertz CT molecular complexity index is 516. The van der Waals surface area contributed by atoms with Crippen molar-refractivity contribution in [2.75, 3.05) is 13.7 Å². The molecule has 21 heavy (non-hydrogen) atoms. The molecule has 0 saturated carbocycles. The number of hydrogen-bond donors (Lipinski definition) is 0. The number of rotatable bonds is 7. The lowest BCUT2D eigenvalue weighted by Gasteiger charge is -2.31. The van der Waals surface area contributed by atoms with Crippen molar-refractivity contribution < 1.29 is 14.3 Å². The fourth-order valence-electron chi connectivity index (χ4n) is 2.54. The van der Waals surface area contributed by atoms with Gasteiger partial charge in [0.15, 0.2) is 5.78 Å². The van der Waals surface area contributed by atoms with Gasteiger partial charge in [-0.2, -0.15) is 0 Å². The van der Waals surface area contributed by atoms with Crippen molar-refractivity contribution in [3.63, 3.8) is 0 Å². The fraction of sp³-hybridized carbons (Fsp3) is 0.389. The molecule has 0 spiro atoms. The molecule has 1 atom stereocenters. The smallest absolute Gasteiger partial charge is 0.155 e. The van der Waals surface area contributed by atoms with Crippen LogP contribution in [-0.4, -0.2) is 19.5 Å². The molecule has 1 unspecified atom stereocenters. The Balaban J connectivity index is 1.91. The Morgan fingerprint density at radius 2 is 2.10 bits per heavy atom. The van der Waals surface area contributed by atoms with Crippen LogP contribution in [0.5, 0.6) is 5.75 Å². The van der Waals surface area contributed by atoms with Crippen LogP contribution < -0.4 is 4.74 Å². The summed E-state index contributed by atoms with van der Waals surface area (Å²) in [7, 11) is 1.65. The molecule has 1 aliphatic carbocycles. The summed E-state index contributed by atoms with van der Waals surface area (Å²) >= 11 is 0. The SMILES string of the molecule is C=CCC1(COCc2ccc(OC)cc2)C=CC(=O)CC1. The zero-order valence-electron chi connectivity index (χ0n) is 12.5. The predicted molar refractivity (Wildman–Crippen MR) is 83.3 cm³/mol. The van der Waals surface area contributed by atoms with E-state index in [1.807, 2.05) is 36.4 Å². The molecule has 112 valence electrons. The van der Waals surface area contributed by atoms with E-state index in [9.17, 15) is 4.79 Å². The van der Waals surface area contributed by atoms with Crippen molar-refractivity contribution in [3.05, 3.63) is 54.6 Å². The molecule has 0 heterocycles. The second-order valence-electron chi connectivity index (χ2n) is 5.50. The van der Waals surface area contributed by atoms with Crippen molar-refractivity contribution in [1.29, 1.82) is 0 Å². The highest BCUT2D eigenvalue weighted by Gasteiger charge is 2.29. The van der Waals surface area contributed by atoms with Crippen molar-refractivity contribution in [2.45, 2.75) is 25.9 Å². The maximum atomic E-state index is 11.3. The minimum Gasteiger partial charge on any atom is -0.497 e. The molecule has 0 bridgehead atoms. The average Bonchev–Trinajstić information content (AvgIpc) is 2.51. The summed E-state index contributed by atoms with van der Waals surface area (Å²) in [6.07, 6.45) is 7.84. The van der Waals surface area contributed by atoms with Crippen LogP contribution in [0.25, 0.3) is 0 Å².